The summed E-state index contributed by atoms with van der Waals surface area (Å²) in [6.07, 6.45) is 4.58. The monoisotopic (exact) mass is 194 g/mol. The fourth-order valence-electron chi connectivity index (χ4n) is 1.99. The van der Waals surface area contributed by atoms with E-state index in [2.05, 4.69) is 29.6 Å². The number of aromatic nitrogens is 2. The van der Waals surface area contributed by atoms with Crippen LogP contribution in [0.25, 0.3) is 0 Å². The molecule has 2 rings (SSSR count). The Hall–Kier alpha value is -0.830. The first-order valence-electron chi connectivity index (χ1n) is 5.38. The molecule has 0 amide bonds. The molecule has 1 aliphatic rings. The van der Waals surface area contributed by atoms with Crippen molar-refractivity contribution in [3.05, 3.63) is 17.7 Å². The molecular formula is C11H18N2O. The number of hydrogen-bond donors (Lipinski definition) is 1. The number of imidazole rings is 1. The molecule has 1 atom stereocenters. The van der Waals surface area contributed by atoms with Crippen molar-refractivity contribution in [1.82, 2.24) is 9.55 Å². The van der Waals surface area contributed by atoms with Gasteiger partial charge in [0.2, 0.25) is 0 Å². The van der Waals surface area contributed by atoms with Crippen molar-refractivity contribution < 1.29 is 5.11 Å². The number of aryl methyl sites for hydroxylation is 1. The van der Waals surface area contributed by atoms with Gasteiger partial charge in [-0.1, -0.05) is 13.8 Å². The molecule has 2 heterocycles. The van der Waals surface area contributed by atoms with Crippen LogP contribution in [0, 0.1) is 5.92 Å². The van der Waals surface area contributed by atoms with Crippen LogP contribution in [0.2, 0.25) is 0 Å². The predicted molar refractivity (Wildman–Crippen MR) is 55.1 cm³/mol. The van der Waals surface area contributed by atoms with Gasteiger partial charge in [-0.25, -0.2) is 4.98 Å². The van der Waals surface area contributed by atoms with Crippen molar-refractivity contribution in [3.8, 4) is 0 Å². The fourth-order valence-corrected chi connectivity index (χ4v) is 1.99. The maximum atomic E-state index is 9.49. The van der Waals surface area contributed by atoms with Crippen LogP contribution in [-0.2, 0) is 19.4 Å². The van der Waals surface area contributed by atoms with Crippen LogP contribution in [0.1, 0.15) is 31.8 Å². The Kier molecular flexibility index (Phi) is 2.59. The van der Waals surface area contributed by atoms with Crippen molar-refractivity contribution in [3.63, 3.8) is 0 Å². The van der Waals surface area contributed by atoms with Crippen molar-refractivity contribution in [2.45, 2.75) is 45.8 Å². The zero-order chi connectivity index (χ0) is 10.1. The molecule has 1 aromatic heterocycles. The van der Waals surface area contributed by atoms with Crippen LogP contribution < -0.4 is 0 Å². The van der Waals surface area contributed by atoms with Crippen LogP contribution in [0.4, 0.5) is 0 Å². The second-order valence-corrected chi connectivity index (χ2v) is 4.59. The zero-order valence-corrected chi connectivity index (χ0v) is 8.90. The molecule has 0 spiro atoms. The highest BCUT2D eigenvalue weighted by Gasteiger charge is 2.18. The fraction of sp³-hybridized carbons (Fsp3) is 0.727. The minimum atomic E-state index is -0.184. The quantitative estimate of drug-likeness (QED) is 0.772. The summed E-state index contributed by atoms with van der Waals surface area (Å²) in [6, 6.07) is 0. The average Bonchev–Trinajstić information content (AvgIpc) is 2.44. The zero-order valence-electron chi connectivity index (χ0n) is 8.90. The van der Waals surface area contributed by atoms with Crippen LogP contribution >= 0.6 is 0 Å². The van der Waals surface area contributed by atoms with E-state index in [9.17, 15) is 5.11 Å². The molecular weight excluding hydrogens is 176 g/mol. The number of nitrogens with zero attached hydrogens (tertiary/aromatic N) is 2. The lowest BCUT2D eigenvalue weighted by Crippen LogP contribution is -2.22. The Labute approximate surface area is 84.8 Å². The molecule has 3 nitrogen and oxygen atoms in total. The lowest BCUT2D eigenvalue weighted by molar-refractivity contribution is 0.141. The number of aliphatic hydroxyl groups is 1. The van der Waals surface area contributed by atoms with Crippen molar-refractivity contribution in [1.29, 1.82) is 0 Å². The lowest BCUT2D eigenvalue weighted by atomic mass is 10.1. The molecule has 0 bridgehead atoms. The summed E-state index contributed by atoms with van der Waals surface area (Å²) in [4.78, 5) is 4.54. The number of rotatable bonds is 2. The van der Waals surface area contributed by atoms with Gasteiger partial charge in [-0.2, -0.15) is 0 Å². The van der Waals surface area contributed by atoms with E-state index in [4.69, 9.17) is 0 Å². The highest BCUT2D eigenvalue weighted by Crippen LogP contribution is 2.16. The third kappa shape index (κ3) is 1.98. The lowest BCUT2D eigenvalue weighted by Gasteiger charge is -2.18. The maximum Gasteiger partial charge on any atom is 0.111 e. The summed E-state index contributed by atoms with van der Waals surface area (Å²) in [5.41, 5.74) is 1.17. The van der Waals surface area contributed by atoms with E-state index >= 15 is 0 Å². The van der Waals surface area contributed by atoms with Gasteiger partial charge in [-0.05, 0) is 18.8 Å². The van der Waals surface area contributed by atoms with E-state index in [1.165, 1.54) is 5.69 Å². The van der Waals surface area contributed by atoms with Crippen LogP contribution in [0.3, 0.4) is 0 Å². The Bertz CT molecular complexity index is 317. The van der Waals surface area contributed by atoms with E-state index in [1.807, 2.05) is 0 Å². The summed E-state index contributed by atoms with van der Waals surface area (Å²) in [5.74, 6) is 1.70. The van der Waals surface area contributed by atoms with E-state index < -0.39 is 0 Å². The van der Waals surface area contributed by atoms with Crippen LogP contribution in [0.5, 0.6) is 0 Å². The largest absolute Gasteiger partial charge is 0.393 e. The minimum absolute atomic E-state index is 0.184. The SMILES string of the molecule is CC(C)Cc1cn2c(n1)CC(O)CC2. The van der Waals surface area contributed by atoms with E-state index in [0.717, 1.165) is 31.6 Å². The second-order valence-electron chi connectivity index (χ2n) is 4.59. The normalized spacial score (nSPS) is 21.3. The standard InChI is InChI=1S/C11H18N2O/c1-8(2)5-9-7-13-4-3-10(14)6-11(13)12-9/h7-8,10,14H,3-6H2,1-2H3. The van der Waals surface area contributed by atoms with Crippen molar-refractivity contribution in [2.75, 3.05) is 0 Å². The number of aliphatic hydroxyl groups excluding tert-OH is 1. The first-order valence-corrected chi connectivity index (χ1v) is 5.38. The van der Waals surface area contributed by atoms with E-state index in [0.29, 0.717) is 5.92 Å². The van der Waals surface area contributed by atoms with Gasteiger partial charge in [-0.3, -0.25) is 0 Å². The van der Waals surface area contributed by atoms with Crippen LogP contribution in [-0.4, -0.2) is 20.8 Å². The minimum Gasteiger partial charge on any atom is -0.393 e. The summed E-state index contributed by atoms with van der Waals surface area (Å²) in [6.45, 7) is 5.32. The topological polar surface area (TPSA) is 38.0 Å². The molecule has 0 saturated heterocycles. The summed E-state index contributed by atoms with van der Waals surface area (Å²) >= 11 is 0. The Balaban J connectivity index is 2.15. The molecule has 78 valence electrons. The molecule has 1 N–H and O–H groups in total. The molecule has 0 radical (unpaired) electrons. The van der Waals surface area contributed by atoms with E-state index in [-0.39, 0.29) is 6.10 Å². The van der Waals surface area contributed by atoms with Gasteiger partial charge in [0.1, 0.15) is 5.82 Å². The van der Waals surface area contributed by atoms with Crippen molar-refractivity contribution in [2.24, 2.45) is 5.92 Å². The molecule has 1 unspecified atom stereocenters. The third-order valence-electron chi connectivity index (χ3n) is 2.65. The highest BCUT2D eigenvalue weighted by atomic mass is 16.3. The van der Waals surface area contributed by atoms with Gasteiger partial charge in [0.25, 0.3) is 0 Å². The predicted octanol–water partition coefficient (Wildman–Crippen LogP) is 1.39. The van der Waals surface area contributed by atoms with Gasteiger partial charge >= 0.3 is 0 Å². The second kappa shape index (κ2) is 3.73. The molecule has 1 aromatic rings. The highest BCUT2D eigenvalue weighted by molar-refractivity contribution is 5.07. The molecule has 0 aromatic carbocycles. The molecule has 1 aliphatic heterocycles. The summed E-state index contributed by atoms with van der Waals surface area (Å²) < 4.78 is 2.18. The molecule has 0 saturated carbocycles. The van der Waals surface area contributed by atoms with E-state index in [1.54, 1.807) is 0 Å². The Morgan fingerprint density at radius 2 is 2.43 bits per heavy atom. The van der Waals surface area contributed by atoms with Gasteiger partial charge in [0, 0.05) is 19.2 Å². The molecule has 14 heavy (non-hydrogen) atoms. The smallest absolute Gasteiger partial charge is 0.111 e. The third-order valence-corrected chi connectivity index (χ3v) is 2.65. The first-order chi connectivity index (χ1) is 6.65. The van der Waals surface area contributed by atoms with Gasteiger partial charge in [-0.15, -0.1) is 0 Å². The molecule has 3 heteroatoms. The van der Waals surface area contributed by atoms with Crippen molar-refractivity contribution >= 4 is 0 Å². The summed E-state index contributed by atoms with van der Waals surface area (Å²) in [5, 5.41) is 9.49. The number of hydrogen-bond acceptors (Lipinski definition) is 2. The van der Waals surface area contributed by atoms with Gasteiger partial charge in [0.15, 0.2) is 0 Å². The molecule has 0 aliphatic carbocycles. The summed E-state index contributed by atoms with van der Waals surface area (Å²) in [7, 11) is 0. The Morgan fingerprint density at radius 1 is 1.64 bits per heavy atom. The van der Waals surface area contributed by atoms with Gasteiger partial charge < -0.3 is 9.67 Å². The maximum absolute atomic E-state index is 9.49. The molecule has 0 fully saturated rings. The average molecular weight is 194 g/mol. The number of fused-ring (bicyclic) bond motifs is 1. The first kappa shape index (κ1) is 9.71. The van der Waals surface area contributed by atoms with Gasteiger partial charge in [0.05, 0.1) is 11.8 Å². The Morgan fingerprint density at radius 3 is 3.14 bits per heavy atom. The van der Waals surface area contributed by atoms with Crippen LogP contribution in [0.15, 0.2) is 6.20 Å².